The highest BCUT2D eigenvalue weighted by molar-refractivity contribution is 9.10. The van der Waals surface area contributed by atoms with Gasteiger partial charge in [0.2, 0.25) is 0 Å². The summed E-state index contributed by atoms with van der Waals surface area (Å²) in [7, 11) is 0. The third kappa shape index (κ3) is 4.32. The molecule has 0 saturated heterocycles. The quantitative estimate of drug-likeness (QED) is 0.903. The maximum atomic E-state index is 12.6. The van der Waals surface area contributed by atoms with Crippen molar-refractivity contribution < 1.29 is 4.79 Å². The number of hydrogen-bond donors (Lipinski definition) is 1. The Hall–Kier alpha value is -0.870. The van der Waals surface area contributed by atoms with Crippen LogP contribution in [0.5, 0.6) is 0 Å². The first-order chi connectivity index (χ1) is 8.80. The second kappa shape index (κ2) is 6.53. The van der Waals surface area contributed by atoms with Crippen molar-refractivity contribution in [2.24, 2.45) is 11.1 Å². The minimum absolute atomic E-state index is 0.0606. The van der Waals surface area contributed by atoms with Gasteiger partial charge < -0.3 is 10.6 Å². The van der Waals surface area contributed by atoms with Crippen LogP contribution in [0.1, 0.15) is 36.7 Å². The van der Waals surface area contributed by atoms with Crippen molar-refractivity contribution >= 4 is 21.8 Å². The number of hydrogen-bond acceptors (Lipinski definition) is 2. The van der Waals surface area contributed by atoms with Crippen LogP contribution in [0.15, 0.2) is 22.7 Å². The summed E-state index contributed by atoms with van der Waals surface area (Å²) in [4.78, 5) is 14.4. The minimum Gasteiger partial charge on any atom is -0.338 e. The summed E-state index contributed by atoms with van der Waals surface area (Å²) >= 11 is 3.42. The first kappa shape index (κ1) is 16.2. The van der Waals surface area contributed by atoms with Crippen LogP contribution >= 0.6 is 15.9 Å². The van der Waals surface area contributed by atoms with Crippen LogP contribution in [-0.2, 0) is 0 Å². The number of carbonyl (C=O) groups excluding carboxylic acids is 1. The van der Waals surface area contributed by atoms with Crippen LogP contribution in [0, 0.1) is 12.3 Å². The van der Waals surface area contributed by atoms with Gasteiger partial charge in [0.25, 0.3) is 5.91 Å². The molecule has 0 spiro atoms. The number of rotatable bonds is 5. The van der Waals surface area contributed by atoms with Crippen LogP contribution in [0.4, 0.5) is 0 Å². The van der Waals surface area contributed by atoms with Crippen LogP contribution < -0.4 is 5.73 Å². The lowest BCUT2D eigenvalue weighted by molar-refractivity contribution is 0.0700. The molecule has 0 saturated carbocycles. The predicted octanol–water partition coefficient (Wildman–Crippen LogP) is 3.20. The number of nitrogens with zero attached hydrogens (tertiary/aromatic N) is 1. The summed E-state index contributed by atoms with van der Waals surface area (Å²) in [5.74, 6) is 0.0778. The summed E-state index contributed by atoms with van der Waals surface area (Å²) in [5.41, 5.74) is 7.44. The summed E-state index contributed by atoms with van der Waals surface area (Å²) < 4.78 is 0.992. The number of halogens is 1. The van der Waals surface area contributed by atoms with Gasteiger partial charge in [-0.25, -0.2) is 0 Å². The van der Waals surface area contributed by atoms with Gasteiger partial charge in [-0.05, 0) is 49.6 Å². The van der Waals surface area contributed by atoms with Crippen molar-refractivity contribution in [2.75, 3.05) is 19.6 Å². The zero-order valence-corrected chi connectivity index (χ0v) is 13.8. The van der Waals surface area contributed by atoms with E-state index in [1.807, 2.05) is 36.9 Å². The average molecular weight is 327 g/mol. The number of nitrogens with two attached hydrogens (primary N) is 1. The largest absolute Gasteiger partial charge is 0.338 e. The van der Waals surface area contributed by atoms with Gasteiger partial charge in [0.05, 0.1) is 0 Å². The highest BCUT2D eigenvalue weighted by Crippen LogP contribution is 2.20. The highest BCUT2D eigenvalue weighted by Gasteiger charge is 2.24. The van der Waals surface area contributed by atoms with Crippen LogP contribution in [0.2, 0.25) is 0 Å². The SMILES string of the molecule is CCN(CC(C)(C)CN)C(=O)c1ccc(Br)cc1C. The zero-order chi connectivity index (χ0) is 14.6. The molecule has 0 fully saturated rings. The molecule has 3 nitrogen and oxygen atoms in total. The molecule has 19 heavy (non-hydrogen) atoms. The van der Waals surface area contributed by atoms with Gasteiger partial charge in [0, 0.05) is 23.1 Å². The highest BCUT2D eigenvalue weighted by atomic mass is 79.9. The van der Waals surface area contributed by atoms with E-state index in [1.165, 1.54) is 0 Å². The molecule has 0 unspecified atom stereocenters. The Morgan fingerprint density at radius 3 is 2.53 bits per heavy atom. The lowest BCUT2D eigenvalue weighted by atomic mass is 9.92. The van der Waals surface area contributed by atoms with E-state index < -0.39 is 0 Å². The first-order valence-electron chi connectivity index (χ1n) is 6.56. The normalized spacial score (nSPS) is 11.5. The van der Waals surface area contributed by atoms with Crippen molar-refractivity contribution in [3.63, 3.8) is 0 Å². The van der Waals surface area contributed by atoms with Crippen LogP contribution in [0.3, 0.4) is 0 Å². The molecule has 0 aliphatic heterocycles. The minimum atomic E-state index is -0.0606. The van der Waals surface area contributed by atoms with E-state index in [0.29, 0.717) is 19.6 Å². The second-order valence-electron chi connectivity index (χ2n) is 5.65. The third-order valence-corrected chi connectivity index (χ3v) is 3.75. The topological polar surface area (TPSA) is 46.3 Å². The third-order valence-electron chi connectivity index (χ3n) is 3.26. The maximum Gasteiger partial charge on any atom is 0.254 e. The van der Waals surface area contributed by atoms with Crippen molar-refractivity contribution in [2.45, 2.75) is 27.7 Å². The molecular formula is C15H23BrN2O. The second-order valence-corrected chi connectivity index (χ2v) is 6.56. The van der Waals surface area contributed by atoms with Crippen molar-refractivity contribution in [3.8, 4) is 0 Å². The van der Waals surface area contributed by atoms with E-state index >= 15 is 0 Å². The molecule has 0 heterocycles. The Labute approximate surface area is 124 Å². The molecule has 0 atom stereocenters. The molecule has 1 aromatic carbocycles. The molecule has 1 amide bonds. The predicted molar refractivity (Wildman–Crippen MR) is 83.3 cm³/mol. The van der Waals surface area contributed by atoms with Crippen molar-refractivity contribution in [1.82, 2.24) is 4.90 Å². The molecule has 0 aliphatic rings. The molecule has 2 N–H and O–H groups in total. The fraction of sp³-hybridized carbons (Fsp3) is 0.533. The average Bonchev–Trinajstić information content (AvgIpc) is 2.35. The van der Waals surface area contributed by atoms with Crippen molar-refractivity contribution in [3.05, 3.63) is 33.8 Å². The molecule has 106 valence electrons. The lowest BCUT2D eigenvalue weighted by Gasteiger charge is -2.31. The summed E-state index contributed by atoms with van der Waals surface area (Å²) in [5, 5.41) is 0. The fourth-order valence-corrected chi connectivity index (χ4v) is 2.42. The fourth-order valence-electron chi connectivity index (χ4n) is 1.95. The molecule has 0 bridgehead atoms. The molecular weight excluding hydrogens is 304 g/mol. The number of benzene rings is 1. The van der Waals surface area contributed by atoms with Gasteiger partial charge in [-0.15, -0.1) is 0 Å². The van der Waals surface area contributed by atoms with Crippen molar-refractivity contribution in [1.29, 1.82) is 0 Å². The molecule has 1 aromatic rings. The van der Waals surface area contributed by atoms with Gasteiger partial charge in [0.15, 0.2) is 0 Å². The van der Waals surface area contributed by atoms with E-state index in [2.05, 4.69) is 29.8 Å². The summed E-state index contributed by atoms with van der Waals surface area (Å²) in [6, 6.07) is 5.75. The van der Waals surface area contributed by atoms with E-state index in [1.54, 1.807) is 0 Å². The summed E-state index contributed by atoms with van der Waals surface area (Å²) in [6.45, 7) is 10.1. The molecule has 0 radical (unpaired) electrons. The maximum absolute atomic E-state index is 12.6. The standard InChI is InChI=1S/C15H23BrN2O/c1-5-18(10-15(3,4)9-17)14(19)13-7-6-12(16)8-11(13)2/h6-8H,5,9-10,17H2,1-4H3. The van der Waals surface area contributed by atoms with Gasteiger partial charge >= 0.3 is 0 Å². The van der Waals surface area contributed by atoms with E-state index in [9.17, 15) is 4.79 Å². The Balaban J connectivity index is 2.96. The van der Waals surface area contributed by atoms with E-state index in [-0.39, 0.29) is 11.3 Å². The summed E-state index contributed by atoms with van der Waals surface area (Å²) in [6.07, 6.45) is 0. The van der Waals surface area contributed by atoms with Crippen LogP contribution in [-0.4, -0.2) is 30.4 Å². The Morgan fingerprint density at radius 2 is 2.05 bits per heavy atom. The molecule has 4 heteroatoms. The Kier molecular flexibility index (Phi) is 5.56. The Morgan fingerprint density at radius 1 is 1.42 bits per heavy atom. The molecule has 1 rings (SSSR count). The number of amides is 1. The Bertz CT molecular complexity index is 457. The zero-order valence-electron chi connectivity index (χ0n) is 12.2. The lowest BCUT2D eigenvalue weighted by Crippen LogP contribution is -2.42. The number of aryl methyl sites for hydroxylation is 1. The van der Waals surface area contributed by atoms with Gasteiger partial charge in [-0.3, -0.25) is 4.79 Å². The van der Waals surface area contributed by atoms with Gasteiger partial charge in [0.1, 0.15) is 0 Å². The monoisotopic (exact) mass is 326 g/mol. The molecule has 0 aliphatic carbocycles. The van der Waals surface area contributed by atoms with E-state index in [4.69, 9.17) is 5.73 Å². The first-order valence-corrected chi connectivity index (χ1v) is 7.35. The smallest absolute Gasteiger partial charge is 0.254 e. The molecule has 0 aromatic heterocycles. The van der Waals surface area contributed by atoms with Gasteiger partial charge in [-0.1, -0.05) is 29.8 Å². The number of carbonyl (C=O) groups is 1. The van der Waals surface area contributed by atoms with E-state index in [0.717, 1.165) is 15.6 Å². The van der Waals surface area contributed by atoms with Crippen LogP contribution in [0.25, 0.3) is 0 Å². The van der Waals surface area contributed by atoms with Gasteiger partial charge in [-0.2, -0.15) is 0 Å².